The third-order valence-electron chi connectivity index (χ3n) is 5.04. The van der Waals surface area contributed by atoms with E-state index in [0.717, 1.165) is 21.0 Å². The first-order chi connectivity index (χ1) is 14.8. The summed E-state index contributed by atoms with van der Waals surface area (Å²) in [4.78, 5) is 26.2. The minimum Gasteiger partial charge on any atom is -0.493 e. The maximum atomic E-state index is 12.6. The highest BCUT2D eigenvalue weighted by atomic mass is 35.5. The molecular formula is C22H18Cl2N2O4S. The van der Waals surface area contributed by atoms with Crippen LogP contribution in [0.15, 0.2) is 36.4 Å². The fourth-order valence-electron chi connectivity index (χ4n) is 3.30. The number of amides is 1. The largest absolute Gasteiger partial charge is 0.493 e. The van der Waals surface area contributed by atoms with E-state index in [4.69, 9.17) is 32.7 Å². The first-order valence-electron chi connectivity index (χ1n) is 9.31. The van der Waals surface area contributed by atoms with Gasteiger partial charge in [0.2, 0.25) is 0 Å². The molecule has 0 radical (unpaired) electrons. The second-order valence-electron chi connectivity index (χ2n) is 6.96. The Morgan fingerprint density at radius 3 is 2.55 bits per heavy atom. The van der Waals surface area contributed by atoms with Gasteiger partial charge >= 0.3 is 5.97 Å². The molecule has 9 heteroatoms. The lowest BCUT2D eigenvalue weighted by Gasteiger charge is -2.27. The molecule has 1 aliphatic heterocycles. The van der Waals surface area contributed by atoms with Gasteiger partial charge in [0, 0.05) is 9.90 Å². The Morgan fingerprint density at radius 1 is 1.06 bits per heavy atom. The Morgan fingerprint density at radius 2 is 1.84 bits per heavy atom. The number of carbonyl (C=O) groups is 2. The summed E-state index contributed by atoms with van der Waals surface area (Å²) < 4.78 is 10.9. The molecule has 0 saturated carbocycles. The number of ether oxygens (including phenoxy) is 2. The van der Waals surface area contributed by atoms with Crippen LogP contribution in [-0.2, 0) is 0 Å². The van der Waals surface area contributed by atoms with Gasteiger partial charge in [-0.2, -0.15) is 0 Å². The second-order valence-corrected chi connectivity index (χ2v) is 9.03. The molecule has 31 heavy (non-hydrogen) atoms. The summed E-state index contributed by atoms with van der Waals surface area (Å²) in [5.74, 6) is -0.192. The highest BCUT2D eigenvalue weighted by molar-refractivity contribution is 7.16. The van der Waals surface area contributed by atoms with Gasteiger partial charge in [-0.05, 0) is 55.3 Å². The number of nitrogens with one attached hydrogen (secondary N) is 2. The molecule has 0 bridgehead atoms. The second kappa shape index (κ2) is 8.42. The van der Waals surface area contributed by atoms with Crippen molar-refractivity contribution in [3.8, 4) is 11.5 Å². The molecule has 0 saturated heterocycles. The van der Waals surface area contributed by atoms with Gasteiger partial charge in [0.25, 0.3) is 5.91 Å². The van der Waals surface area contributed by atoms with Gasteiger partial charge < -0.3 is 20.1 Å². The van der Waals surface area contributed by atoms with E-state index >= 15 is 0 Å². The van der Waals surface area contributed by atoms with Crippen molar-refractivity contribution in [2.24, 2.45) is 0 Å². The lowest BCUT2D eigenvalue weighted by atomic mass is 10.1. The van der Waals surface area contributed by atoms with Gasteiger partial charge in [-0.15, -0.1) is 11.3 Å². The van der Waals surface area contributed by atoms with Crippen LogP contribution in [0.2, 0.25) is 10.0 Å². The third kappa shape index (κ3) is 4.08. The van der Waals surface area contributed by atoms with Crippen molar-refractivity contribution in [1.29, 1.82) is 0 Å². The molecular weight excluding hydrogens is 459 g/mol. The van der Waals surface area contributed by atoms with Gasteiger partial charge in [0.15, 0.2) is 11.5 Å². The van der Waals surface area contributed by atoms with Crippen molar-refractivity contribution in [3.63, 3.8) is 0 Å². The van der Waals surface area contributed by atoms with Crippen LogP contribution in [0.25, 0.3) is 0 Å². The number of fused-ring (bicyclic) bond motifs is 1. The molecule has 3 aromatic rings. The molecule has 6 nitrogen and oxygen atoms in total. The van der Waals surface area contributed by atoms with Gasteiger partial charge in [0.05, 0.1) is 23.3 Å². The van der Waals surface area contributed by atoms with Gasteiger partial charge in [-0.1, -0.05) is 29.3 Å². The number of halogens is 2. The fraction of sp³-hybridized carbons (Fsp3) is 0.182. The van der Waals surface area contributed by atoms with Crippen LogP contribution in [0, 0.1) is 13.8 Å². The van der Waals surface area contributed by atoms with Gasteiger partial charge in [-0.25, -0.2) is 4.79 Å². The molecule has 2 heterocycles. The van der Waals surface area contributed by atoms with Gasteiger partial charge in [0.1, 0.15) is 11.2 Å². The van der Waals surface area contributed by atoms with E-state index in [2.05, 4.69) is 10.6 Å². The highest BCUT2D eigenvalue weighted by Gasteiger charge is 2.29. The normalized spacial score (nSPS) is 15.0. The summed E-state index contributed by atoms with van der Waals surface area (Å²) in [6, 6.07) is 9.61. The summed E-state index contributed by atoms with van der Waals surface area (Å²) in [6.07, 6.45) is -0.443. The zero-order valence-corrected chi connectivity index (χ0v) is 19.2. The SMILES string of the molecule is COc1cc([C@H]2NC(=O)c3c(sc(C)c3C)N2)ccc1OC(=O)c1ccc(Cl)cc1Cl. The highest BCUT2D eigenvalue weighted by Crippen LogP contribution is 2.39. The first kappa shape index (κ1) is 21.5. The van der Waals surface area contributed by atoms with E-state index in [1.165, 1.54) is 19.2 Å². The molecule has 4 rings (SSSR count). The summed E-state index contributed by atoms with van der Waals surface area (Å²) in [5.41, 5.74) is 2.60. The van der Waals surface area contributed by atoms with Crippen LogP contribution in [0.5, 0.6) is 11.5 Å². The number of aryl methyl sites for hydroxylation is 1. The van der Waals surface area contributed by atoms with Crippen molar-refractivity contribution < 1.29 is 19.1 Å². The molecule has 0 fully saturated rings. The number of benzene rings is 2. The number of hydrogen-bond donors (Lipinski definition) is 2. The van der Waals surface area contributed by atoms with Crippen molar-refractivity contribution >= 4 is 51.4 Å². The molecule has 1 atom stereocenters. The zero-order valence-electron chi connectivity index (χ0n) is 16.8. The van der Waals surface area contributed by atoms with Crippen molar-refractivity contribution in [1.82, 2.24) is 5.32 Å². The van der Waals surface area contributed by atoms with Crippen molar-refractivity contribution in [3.05, 3.63) is 73.6 Å². The lowest BCUT2D eigenvalue weighted by Crippen LogP contribution is -2.38. The molecule has 1 amide bonds. The van der Waals surface area contributed by atoms with E-state index < -0.39 is 12.1 Å². The number of hydrogen-bond acceptors (Lipinski definition) is 6. The summed E-state index contributed by atoms with van der Waals surface area (Å²) in [7, 11) is 1.47. The molecule has 0 aliphatic carbocycles. The number of esters is 1. The molecule has 160 valence electrons. The average molecular weight is 477 g/mol. The van der Waals surface area contributed by atoms with E-state index in [9.17, 15) is 9.59 Å². The Hall–Kier alpha value is -2.74. The predicted octanol–water partition coefficient (Wildman–Crippen LogP) is 5.75. The molecule has 0 unspecified atom stereocenters. The number of anilines is 1. The number of rotatable bonds is 4. The van der Waals surface area contributed by atoms with Crippen LogP contribution >= 0.6 is 34.5 Å². The predicted molar refractivity (Wildman–Crippen MR) is 122 cm³/mol. The van der Waals surface area contributed by atoms with E-state index in [1.807, 2.05) is 13.8 Å². The third-order valence-corrected chi connectivity index (χ3v) is 6.72. The van der Waals surface area contributed by atoms with Crippen LogP contribution in [0.3, 0.4) is 0 Å². The molecule has 2 N–H and O–H groups in total. The Bertz CT molecular complexity index is 1210. The number of carbonyl (C=O) groups excluding carboxylic acids is 2. The van der Waals surface area contributed by atoms with Gasteiger partial charge in [-0.3, -0.25) is 4.79 Å². The minimum atomic E-state index is -0.633. The Balaban J connectivity index is 1.58. The van der Waals surface area contributed by atoms with Crippen LogP contribution in [0.4, 0.5) is 5.00 Å². The summed E-state index contributed by atoms with van der Waals surface area (Å²) in [5, 5.41) is 7.75. The summed E-state index contributed by atoms with van der Waals surface area (Å²) in [6.45, 7) is 3.92. The van der Waals surface area contributed by atoms with E-state index in [0.29, 0.717) is 16.3 Å². The maximum Gasteiger partial charge on any atom is 0.345 e. The number of thiophene rings is 1. The monoisotopic (exact) mass is 476 g/mol. The minimum absolute atomic E-state index is 0.132. The number of methoxy groups -OCH3 is 1. The summed E-state index contributed by atoms with van der Waals surface area (Å²) >= 11 is 13.5. The maximum absolute atomic E-state index is 12.6. The molecule has 1 aliphatic rings. The molecule has 1 aromatic heterocycles. The van der Waals surface area contributed by atoms with E-state index in [1.54, 1.807) is 35.6 Å². The average Bonchev–Trinajstić information content (AvgIpc) is 3.02. The topological polar surface area (TPSA) is 76.7 Å². The van der Waals surface area contributed by atoms with E-state index in [-0.39, 0.29) is 22.2 Å². The smallest absolute Gasteiger partial charge is 0.345 e. The molecule has 0 spiro atoms. The molecule has 2 aromatic carbocycles. The Kier molecular flexibility index (Phi) is 5.83. The van der Waals surface area contributed by atoms with Crippen LogP contribution < -0.4 is 20.1 Å². The first-order valence-corrected chi connectivity index (χ1v) is 10.9. The van der Waals surface area contributed by atoms with Crippen LogP contribution in [0.1, 0.15) is 42.9 Å². The lowest BCUT2D eigenvalue weighted by molar-refractivity contribution is 0.0729. The Labute approximate surface area is 193 Å². The fourth-order valence-corrected chi connectivity index (χ4v) is 4.87. The zero-order chi connectivity index (χ0) is 22.3. The quantitative estimate of drug-likeness (QED) is 0.370. The van der Waals surface area contributed by atoms with Crippen molar-refractivity contribution in [2.45, 2.75) is 20.0 Å². The standard InChI is InChI=1S/C22H18Cl2N2O4S/c1-10-11(2)31-21-18(10)20(27)25-19(26-21)12-4-7-16(17(8-12)29-3)30-22(28)14-6-5-13(23)9-15(14)24/h4-9,19,26H,1-3H3,(H,25,27)/t19-/m0/s1. The van der Waals surface area contributed by atoms with Crippen LogP contribution in [-0.4, -0.2) is 19.0 Å². The van der Waals surface area contributed by atoms with Crippen molar-refractivity contribution in [2.75, 3.05) is 12.4 Å².